The van der Waals surface area contributed by atoms with E-state index in [1.54, 1.807) is 13.8 Å². The van der Waals surface area contributed by atoms with Gasteiger partial charge in [0.15, 0.2) is 0 Å². The van der Waals surface area contributed by atoms with Crippen LogP contribution in [0.1, 0.15) is 39.5 Å². The molecule has 0 aromatic rings. The molecule has 1 heterocycles. The highest BCUT2D eigenvalue weighted by atomic mass is 16.5. The van der Waals surface area contributed by atoms with Crippen molar-refractivity contribution in [2.24, 2.45) is 0 Å². The molecule has 1 fully saturated rings. The van der Waals surface area contributed by atoms with Crippen LogP contribution in [0.4, 0.5) is 0 Å². The van der Waals surface area contributed by atoms with Crippen molar-refractivity contribution in [1.29, 1.82) is 0 Å². The Hall–Kier alpha value is -0.940. The highest BCUT2D eigenvalue weighted by Gasteiger charge is 2.29. The molecule has 0 saturated carbocycles. The van der Waals surface area contributed by atoms with E-state index in [0.717, 1.165) is 19.4 Å². The van der Waals surface area contributed by atoms with Gasteiger partial charge in [-0.05, 0) is 33.2 Å². The van der Waals surface area contributed by atoms with Gasteiger partial charge in [0.1, 0.15) is 5.78 Å². The van der Waals surface area contributed by atoms with E-state index < -0.39 is 5.60 Å². The number of ether oxygens (including phenoxy) is 1. The Kier molecular flexibility index (Phi) is 5.75. The van der Waals surface area contributed by atoms with Gasteiger partial charge in [0, 0.05) is 13.0 Å². The van der Waals surface area contributed by atoms with Crippen molar-refractivity contribution in [3.8, 4) is 0 Å². The van der Waals surface area contributed by atoms with Crippen LogP contribution in [0.15, 0.2) is 0 Å². The number of carbonyl (C=O) groups excluding carboxylic acids is 2. The van der Waals surface area contributed by atoms with E-state index in [2.05, 4.69) is 0 Å². The fraction of sp³-hybridized carbons (Fsp3) is 0.846. The predicted molar refractivity (Wildman–Crippen MR) is 67.2 cm³/mol. The summed E-state index contributed by atoms with van der Waals surface area (Å²) in [6.45, 7) is 5.56. The summed E-state index contributed by atoms with van der Waals surface area (Å²) in [7, 11) is 0. The van der Waals surface area contributed by atoms with Gasteiger partial charge in [-0.3, -0.25) is 14.5 Å². The fourth-order valence-electron chi connectivity index (χ4n) is 2.26. The molecule has 0 bridgehead atoms. The summed E-state index contributed by atoms with van der Waals surface area (Å²) >= 11 is 0. The number of rotatable bonds is 6. The summed E-state index contributed by atoms with van der Waals surface area (Å²) in [5, 5.41) is 9.92. The third kappa shape index (κ3) is 5.60. The minimum absolute atomic E-state index is 0.0285. The number of hydrogen-bond acceptors (Lipinski definition) is 5. The van der Waals surface area contributed by atoms with Crippen molar-refractivity contribution >= 4 is 11.8 Å². The Morgan fingerprint density at radius 2 is 2.11 bits per heavy atom. The lowest BCUT2D eigenvalue weighted by molar-refractivity contribution is -0.144. The first-order valence-corrected chi connectivity index (χ1v) is 6.55. The van der Waals surface area contributed by atoms with Crippen LogP contribution in [-0.4, -0.2) is 53.6 Å². The van der Waals surface area contributed by atoms with Gasteiger partial charge in [-0.25, -0.2) is 0 Å². The Labute approximate surface area is 108 Å². The predicted octanol–water partition coefficient (Wildman–Crippen LogP) is 0.746. The number of esters is 1. The number of Topliss-reactive ketones (excluding diaryl/α,β-unsaturated/α-hetero) is 1. The molecule has 1 aliphatic heterocycles. The summed E-state index contributed by atoms with van der Waals surface area (Å²) in [5.74, 6) is -0.294. The summed E-state index contributed by atoms with van der Waals surface area (Å²) < 4.78 is 4.77. The van der Waals surface area contributed by atoms with E-state index in [-0.39, 0.29) is 24.6 Å². The van der Waals surface area contributed by atoms with Crippen molar-refractivity contribution in [1.82, 2.24) is 4.90 Å². The maximum absolute atomic E-state index is 11.7. The SMILES string of the molecule is CCOC(=O)CCC(=O)CN1CCCC(C)(O)C1. The van der Waals surface area contributed by atoms with Gasteiger partial charge in [-0.15, -0.1) is 0 Å². The zero-order valence-corrected chi connectivity index (χ0v) is 11.3. The zero-order chi connectivity index (χ0) is 13.6. The summed E-state index contributed by atoms with van der Waals surface area (Å²) in [4.78, 5) is 24.8. The zero-order valence-electron chi connectivity index (χ0n) is 11.3. The third-order valence-electron chi connectivity index (χ3n) is 3.07. The molecule has 18 heavy (non-hydrogen) atoms. The molecule has 0 spiro atoms. The molecule has 1 unspecified atom stereocenters. The number of aliphatic hydroxyl groups is 1. The fourth-order valence-corrected chi connectivity index (χ4v) is 2.26. The molecule has 1 N–H and O–H groups in total. The van der Waals surface area contributed by atoms with Gasteiger partial charge in [-0.2, -0.15) is 0 Å². The second-order valence-corrected chi connectivity index (χ2v) is 5.15. The molecule has 0 aromatic heterocycles. The summed E-state index contributed by atoms with van der Waals surface area (Å²) in [6, 6.07) is 0. The highest BCUT2D eigenvalue weighted by Crippen LogP contribution is 2.20. The van der Waals surface area contributed by atoms with E-state index in [9.17, 15) is 14.7 Å². The highest BCUT2D eigenvalue weighted by molar-refractivity contribution is 5.84. The molecule has 0 amide bonds. The van der Waals surface area contributed by atoms with E-state index in [1.807, 2.05) is 4.90 Å². The first-order valence-electron chi connectivity index (χ1n) is 6.55. The van der Waals surface area contributed by atoms with Crippen LogP contribution >= 0.6 is 0 Å². The number of β-amino-alcohol motifs (C(OH)–C–C–N with tert-alkyl or cyclic N) is 1. The second-order valence-electron chi connectivity index (χ2n) is 5.15. The number of carbonyl (C=O) groups is 2. The lowest BCUT2D eigenvalue weighted by Gasteiger charge is -2.36. The van der Waals surface area contributed by atoms with Gasteiger partial charge >= 0.3 is 5.97 Å². The average Bonchev–Trinajstić information content (AvgIpc) is 2.25. The molecular formula is C13H23NO4. The Morgan fingerprint density at radius 3 is 2.72 bits per heavy atom. The topological polar surface area (TPSA) is 66.8 Å². The molecule has 5 heteroatoms. The van der Waals surface area contributed by atoms with Crippen LogP contribution < -0.4 is 0 Å². The Bertz CT molecular complexity index is 301. The van der Waals surface area contributed by atoms with E-state index in [1.165, 1.54) is 0 Å². The Morgan fingerprint density at radius 1 is 1.39 bits per heavy atom. The molecule has 1 atom stereocenters. The van der Waals surface area contributed by atoms with Crippen molar-refractivity contribution in [3.63, 3.8) is 0 Å². The number of nitrogens with zero attached hydrogens (tertiary/aromatic N) is 1. The number of ketones is 1. The largest absolute Gasteiger partial charge is 0.466 e. The van der Waals surface area contributed by atoms with Gasteiger partial charge in [0.2, 0.25) is 0 Å². The number of hydrogen-bond donors (Lipinski definition) is 1. The van der Waals surface area contributed by atoms with E-state index >= 15 is 0 Å². The van der Waals surface area contributed by atoms with Crippen LogP contribution in [0.25, 0.3) is 0 Å². The lowest BCUT2D eigenvalue weighted by Crippen LogP contribution is -2.47. The quantitative estimate of drug-likeness (QED) is 0.711. The van der Waals surface area contributed by atoms with Crippen molar-refractivity contribution in [2.75, 3.05) is 26.2 Å². The minimum Gasteiger partial charge on any atom is -0.466 e. The molecule has 1 aliphatic rings. The van der Waals surface area contributed by atoms with Crippen LogP contribution in [-0.2, 0) is 14.3 Å². The third-order valence-corrected chi connectivity index (χ3v) is 3.07. The van der Waals surface area contributed by atoms with Crippen LogP contribution in [0.3, 0.4) is 0 Å². The minimum atomic E-state index is -0.695. The van der Waals surface area contributed by atoms with Crippen molar-refractivity contribution in [2.45, 2.75) is 45.1 Å². The van der Waals surface area contributed by atoms with Gasteiger partial charge in [-0.1, -0.05) is 0 Å². The smallest absolute Gasteiger partial charge is 0.306 e. The van der Waals surface area contributed by atoms with Crippen LogP contribution in [0.5, 0.6) is 0 Å². The molecule has 0 aromatic carbocycles. The molecular weight excluding hydrogens is 234 g/mol. The number of piperidine rings is 1. The van der Waals surface area contributed by atoms with Crippen molar-refractivity contribution in [3.05, 3.63) is 0 Å². The molecule has 0 radical (unpaired) electrons. The van der Waals surface area contributed by atoms with Gasteiger partial charge in [0.05, 0.1) is 25.2 Å². The maximum Gasteiger partial charge on any atom is 0.306 e. The number of likely N-dealkylation sites (tertiary alicyclic amines) is 1. The lowest BCUT2D eigenvalue weighted by atomic mass is 9.95. The summed E-state index contributed by atoms with van der Waals surface area (Å²) in [5.41, 5.74) is -0.695. The van der Waals surface area contributed by atoms with Gasteiger partial charge in [0.25, 0.3) is 0 Å². The van der Waals surface area contributed by atoms with E-state index in [0.29, 0.717) is 19.7 Å². The first kappa shape index (κ1) is 15.1. The monoisotopic (exact) mass is 257 g/mol. The van der Waals surface area contributed by atoms with E-state index in [4.69, 9.17) is 4.74 Å². The first-order chi connectivity index (χ1) is 8.43. The molecule has 1 rings (SSSR count). The molecule has 0 aliphatic carbocycles. The molecule has 1 saturated heterocycles. The maximum atomic E-state index is 11.7. The normalized spacial score (nSPS) is 24.8. The standard InChI is InChI=1S/C13H23NO4/c1-3-18-12(16)6-5-11(15)9-14-8-4-7-13(2,17)10-14/h17H,3-10H2,1-2H3. The Balaban J connectivity index is 2.25. The van der Waals surface area contributed by atoms with Crippen LogP contribution in [0, 0.1) is 0 Å². The summed E-state index contributed by atoms with van der Waals surface area (Å²) in [6.07, 6.45) is 2.05. The van der Waals surface area contributed by atoms with Crippen LogP contribution in [0.2, 0.25) is 0 Å². The van der Waals surface area contributed by atoms with Gasteiger partial charge < -0.3 is 9.84 Å². The molecule has 104 valence electrons. The van der Waals surface area contributed by atoms with Crippen molar-refractivity contribution < 1.29 is 19.4 Å². The average molecular weight is 257 g/mol. The molecule has 5 nitrogen and oxygen atoms in total. The second kappa shape index (κ2) is 6.85.